The molecule has 1 aliphatic carbocycles. The molecule has 2 bridgehead atoms. The molecule has 2 aromatic rings. The fraction of sp³-hybridized carbons (Fsp3) is 0.579. The van der Waals surface area contributed by atoms with Crippen LogP contribution in [0.4, 0.5) is 0 Å². The molecule has 2 unspecified atom stereocenters. The summed E-state index contributed by atoms with van der Waals surface area (Å²) in [5.41, 5.74) is 0.880. The van der Waals surface area contributed by atoms with E-state index in [0.717, 1.165) is 42.8 Å². The molecule has 5 nitrogen and oxygen atoms in total. The zero-order valence-electron chi connectivity index (χ0n) is 15.3. The fourth-order valence-electron chi connectivity index (χ4n) is 4.19. The van der Waals surface area contributed by atoms with Crippen LogP contribution in [0.3, 0.4) is 0 Å². The van der Waals surface area contributed by atoms with Crippen molar-refractivity contribution in [3.05, 3.63) is 39.9 Å². The van der Waals surface area contributed by atoms with Crippen molar-refractivity contribution >= 4 is 23.2 Å². The summed E-state index contributed by atoms with van der Waals surface area (Å²) >= 11 is 12.4. The van der Waals surface area contributed by atoms with E-state index in [9.17, 15) is 0 Å². The minimum Gasteiger partial charge on any atom is -0.309 e. The van der Waals surface area contributed by atoms with Gasteiger partial charge in [0.15, 0.2) is 5.82 Å². The van der Waals surface area contributed by atoms with E-state index in [1.54, 1.807) is 6.07 Å². The van der Waals surface area contributed by atoms with Gasteiger partial charge in [0, 0.05) is 35.6 Å². The van der Waals surface area contributed by atoms with Crippen LogP contribution in [0, 0.1) is 5.92 Å². The van der Waals surface area contributed by atoms with E-state index in [1.165, 1.54) is 25.8 Å². The van der Waals surface area contributed by atoms with Crippen LogP contribution in [-0.2, 0) is 13.0 Å². The van der Waals surface area contributed by atoms with E-state index in [4.69, 9.17) is 33.3 Å². The summed E-state index contributed by atoms with van der Waals surface area (Å²) < 4.78 is 1.93. The summed E-state index contributed by atoms with van der Waals surface area (Å²) in [4.78, 5) is 9.58. The predicted molar refractivity (Wildman–Crippen MR) is 105 cm³/mol. The van der Waals surface area contributed by atoms with E-state index in [0.29, 0.717) is 16.1 Å². The molecule has 2 heterocycles. The molecule has 1 aromatic heterocycles. The monoisotopic (exact) mass is 393 g/mol. The van der Waals surface area contributed by atoms with Crippen molar-refractivity contribution < 1.29 is 0 Å². The average molecular weight is 394 g/mol. The van der Waals surface area contributed by atoms with Crippen molar-refractivity contribution in [2.45, 2.75) is 38.3 Å². The lowest BCUT2D eigenvalue weighted by molar-refractivity contribution is 0.199. The molecular weight excluding hydrogens is 369 g/mol. The van der Waals surface area contributed by atoms with E-state index in [1.807, 2.05) is 16.8 Å². The van der Waals surface area contributed by atoms with Gasteiger partial charge < -0.3 is 4.90 Å². The van der Waals surface area contributed by atoms with Gasteiger partial charge in [-0.15, -0.1) is 0 Å². The Hall–Kier alpha value is -1.14. The van der Waals surface area contributed by atoms with Crippen molar-refractivity contribution in [2.75, 3.05) is 27.2 Å². The van der Waals surface area contributed by atoms with Crippen LogP contribution in [-0.4, -0.2) is 57.8 Å². The number of hydrogen-bond donors (Lipinski definition) is 0. The van der Waals surface area contributed by atoms with E-state index >= 15 is 0 Å². The third-order valence-electron chi connectivity index (χ3n) is 5.46. The Bertz CT molecular complexity index is 768. The minimum atomic E-state index is 0.615. The molecule has 0 N–H and O–H groups in total. The van der Waals surface area contributed by atoms with Gasteiger partial charge in [0.2, 0.25) is 0 Å². The number of likely N-dealkylation sites (tertiary alicyclic amines) is 1. The van der Waals surface area contributed by atoms with Gasteiger partial charge in [-0.25, -0.2) is 9.67 Å². The first kappa shape index (κ1) is 18.2. The molecule has 2 fully saturated rings. The van der Waals surface area contributed by atoms with Gasteiger partial charge >= 0.3 is 0 Å². The molecule has 1 saturated heterocycles. The highest BCUT2D eigenvalue weighted by Gasteiger charge is 2.38. The molecule has 2 atom stereocenters. The average Bonchev–Trinajstić information content (AvgIpc) is 3.27. The molecule has 140 valence electrons. The van der Waals surface area contributed by atoms with Crippen molar-refractivity contribution in [3.8, 4) is 5.69 Å². The molecule has 0 radical (unpaired) electrons. The van der Waals surface area contributed by atoms with E-state index < -0.39 is 0 Å². The lowest BCUT2D eigenvalue weighted by Gasteiger charge is -2.26. The van der Waals surface area contributed by atoms with Crippen molar-refractivity contribution in [1.29, 1.82) is 0 Å². The molecule has 0 spiro atoms. The second-order valence-corrected chi connectivity index (χ2v) is 8.67. The number of benzene rings is 1. The Kier molecular flexibility index (Phi) is 5.24. The molecule has 7 heteroatoms. The normalized spacial score (nSPS) is 22.7. The molecular formula is C19H25Cl2N5. The molecule has 1 aliphatic heterocycles. The van der Waals surface area contributed by atoms with Gasteiger partial charge in [-0.1, -0.05) is 23.2 Å². The lowest BCUT2D eigenvalue weighted by atomic mass is 10.1. The summed E-state index contributed by atoms with van der Waals surface area (Å²) in [6.07, 6.45) is 4.86. The smallest absolute Gasteiger partial charge is 0.152 e. The Morgan fingerprint density at radius 2 is 1.92 bits per heavy atom. The van der Waals surface area contributed by atoms with Crippen LogP contribution in [0.2, 0.25) is 10.0 Å². The lowest BCUT2D eigenvalue weighted by Crippen LogP contribution is -2.32. The molecule has 4 rings (SSSR count). The Balaban J connectivity index is 1.63. The Morgan fingerprint density at radius 1 is 1.15 bits per heavy atom. The predicted octanol–water partition coefficient (Wildman–Crippen LogP) is 3.66. The highest BCUT2D eigenvalue weighted by Crippen LogP contribution is 2.38. The van der Waals surface area contributed by atoms with Crippen LogP contribution in [0.1, 0.15) is 30.9 Å². The van der Waals surface area contributed by atoms with Crippen LogP contribution < -0.4 is 0 Å². The zero-order chi connectivity index (χ0) is 18.3. The first-order valence-electron chi connectivity index (χ1n) is 9.28. The van der Waals surface area contributed by atoms with Crippen molar-refractivity contribution in [2.24, 2.45) is 5.92 Å². The molecule has 26 heavy (non-hydrogen) atoms. The number of rotatable bonds is 6. The second kappa shape index (κ2) is 7.47. The minimum absolute atomic E-state index is 0.615. The number of fused-ring (bicyclic) bond motifs is 2. The first-order valence-corrected chi connectivity index (χ1v) is 10.0. The summed E-state index contributed by atoms with van der Waals surface area (Å²) in [6, 6.07) is 6.25. The fourth-order valence-corrected chi connectivity index (χ4v) is 4.71. The van der Waals surface area contributed by atoms with Crippen molar-refractivity contribution in [1.82, 2.24) is 24.6 Å². The highest BCUT2D eigenvalue weighted by molar-refractivity contribution is 6.34. The SMILES string of the molecule is CN(C)CCc1nc(CN2CC3CCC2C3)n(-c2cc(Cl)cc(Cl)c2)n1. The van der Waals surface area contributed by atoms with Gasteiger partial charge in [0.25, 0.3) is 0 Å². The van der Waals surface area contributed by atoms with E-state index in [-0.39, 0.29) is 0 Å². The second-order valence-electron chi connectivity index (χ2n) is 7.80. The topological polar surface area (TPSA) is 37.2 Å². The van der Waals surface area contributed by atoms with Gasteiger partial charge in [0.1, 0.15) is 5.82 Å². The third-order valence-corrected chi connectivity index (χ3v) is 5.90. The standard InChI is InChI=1S/C19H25Cl2N5/c1-24(2)6-5-18-22-19(12-25-11-13-3-4-16(25)7-13)26(23-18)17-9-14(20)8-15(21)10-17/h8-10,13,16H,3-7,11-12H2,1-2H3. The number of piperidine rings is 1. The summed E-state index contributed by atoms with van der Waals surface area (Å²) in [6.45, 7) is 2.94. The van der Waals surface area contributed by atoms with Crippen LogP contribution in [0.25, 0.3) is 5.69 Å². The number of hydrogen-bond acceptors (Lipinski definition) is 4. The molecule has 1 aromatic carbocycles. The van der Waals surface area contributed by atoms with Crippen molar-refractivity contribution in [3.63, 3.8) is 0 Å². The van der Waals surface area contributed by atoms with Crippen LogP contribution in [0.5, 0.6) is 0 Å². The van der Waals surface area contributed by atoms with Gasteiger partial charge in [-0.3, -0.25) is 4.90 Å². The highest BCUT2D eigenvalue weighted by atomic mass is 35.5. The quantitative estimate of drug-likeness (QED) is 0.750. The summed E-state index contributed by atoms with van der Waals surface area (Å²) in [7, 11) is 4.13. The number of likely N-dealkylation sites (N-methyl/N-ethyl adjacent to an activating group) is 1. The molecule has 2 aliphatic rings. The third kappa shape index (κ3) is 3.91. The number of nitrogens with zero attached hydrogens (tertiary/aromatic N) is 5. The van der Waals surface area contributed by atoms with Gasteiger partial charge in [-0.05, 0) is 57.5 Å². The molecule has 0 amide bonds. The van der Waals surface area contributed by atoms with Gasteiger partial charge in [-0.2, -0.15) is 5.10 Å². The maximum absolute atomic E-state index is 6.22. The van der Waals surface area contributed by atoms with Gasteiger partial charge in [0.05, 0.1) is 12.2 Å². The molecule has 1 saturated carbocycles. The summed E-state index contributed by atoms with van der Waals surface area (Å²) in [5.74, 6) is 2.71. The maximum atomic E-state index is 6.22. The van der Waals surface area contributed by atoms with Crippen LogP contribution >= 0.6 is 23.2 Å². The largest absolute Gasteiger partial charge is 0.309 e. The first-order chi connectivity index (χ1) is 12.5. The van der Waals surface area contributed by atoms with E-state index in [2.05, 4.69) is 23.9 Å². The maximum Gasteiger partial charge on any atom is 0.152 e. The zero-order valence-corrected chi connectivity index (χ0v) is 16.8. The Morgan fingerprint density at radius 3 is 2.54 bits per heavy atom. The van der Waals surface area contributed by atoms with Crippen LogP contribution in [0.15, 0.2) is 18.2 Å². The number of aromatic nitrogens is 3. The number of halogens is 2. The summed E-state index contributed by atoms with van der Waals surface area (Å²) in [5, 5.41) is 6.00. The Labute approximate surface area is 164 Å².